The molecule has 2 aliphatic rings. The fourth-order valence-electron chi connectivity index (χ4n) is 1.87. The molecule has 0 saturated carbocycles. The molecule has 0 aromatic heterocycles. The summed E-state index contributed by atoms with van der Waals surface area (Å²) in [5.74, 6) is 0. The van der Waals surface area contributed by atoms with E-state index in [4.69, 9.17) is 18.0 Å². The van der Waals surface area contributed by atoms with E-state index in [-0.39, 0.29) is 0 Å². The van der Waals surface area contributed by atoms with Crippen LogP contribution in [0.25, 0.3) is 11.1 Å². The number of rotatable bonds is 1. The van der Waals surface area contributed by atoms with E-state index in [9.17, 15) is 0 Å². The van der Waals surface area contributed by atoms with E-state index in [1.807, 2.05) is 32.9 Å². The van der Waals surface area contributed by atoms with Crippen LogP contribution in [-0.2, 0) is 0 Å². The second kappa shape index (κ2) is 5.41. The highest BCUT2D eigenvalue weighted by atomic mass is 32.1. The minimum atomic E-state index is 0.758. The zero-order valence-electron chi connectivity index (χ0n) is 11.4. The maximum Gasteiger partial charge on any atom is 0.0765 e. The van der Waals surface area contributed by atoms with Crippen molar-refractivity contribution < 1.29 is 0 Å². The SMILES string of the molecule is CC(=S)Nc1cc(C)cc(N)c1C.c1cc2ccc1-2. The molecule has 1 aromatic rings. The van der Waals surface area contributed by atoms with E-state index in [1.165, 1.54) is 11.1 Å². The third kappa shape index (κ3) is 3.12. The van der Waals surface area contributed by atoms with Crippen LogP contribution in [0.5, 0.6) is 0 Å². The lowest BCUT2D eigenvalue weighted by atomic mass is 9.95. The summed E-state index contributed by atoms with van der Waals surface area (Å²) in [5, 5.41) is 3.11. The maximum atomic E-state index is 5.81. The first-order valence-corrected chi connectivity index (χ1v) is 6.63. The summed E-state index contributed by atoms with van der Waals surface area (Å²) >= 11 is 4.97. The highest BCUT2D eigenvalue weighted by Crippen LogP contribution is 2.29. The van der Waals surface area contributed by atoms with Gasteiger partial charge in [-0.2, -0.15) is 0 Å². The molecule has 0 bridgehead atoms. The summed E-state index contributed by atoms with van der Waals surface area (Å²) in [7, 11) is 0. The Morgan fingerprint density at radius 3 is 1.95 bits per heavy atom. The van der Waals surface area contributed by atoms with Crippen LogP contribution in [0, 0.1) is 13.8 Å². The van der Waals surface area contributed by atoms with E-state index in [0.717, 1.165) is 27.5 Å². The van der Waals surface area contributed by atoms with E-state index in [2.05, 4.69) is 29.6 Å². The molecule has 1 aromatic carbocycles. The van der Waals surface area contributed by atoms with Crippen LogP contribution >= 0.6 is 12.2 Å². The van der Waals surface area contributed by atoms with Gasteiger partial charge >= 0.3 is 0 Å². The van der Waals surface area contributed by atoms with E-state index in [0.29, 0.717) is 0 Å². The van der Waals surface area contributed by atoms with Crippen LogP contribution in [0.3, 0.4) is 0 Å². The Labute approximate surface area is 119 Å². The number of nitrogens with one attached hydrogen (secondary N) is 1. The summed E-state index contributed by atoms with van der Waals surface area (Å²) < 4.78 is 0. The molecule has 0 atom stereocenters. The smallest absolute Gasteiger partial charge is 0.0765 e. The van der Waals surface area contributed by atoms with Gasteiger partial charge in [-0.25, -0.2) is 0 Å². The number of hydrogen-bond acceptors (Lipinski definition) is 2. The van der Waals surface area contributed by atoms with Crippen molar-refractivity contribution in [3.63, 3.8) is 0 Å². The highest BCUT2D eigenvalue weighted by molar-refractivity contribution is 7.80. The molecule has 0 fully saturated rings. The number of aryl methyl sites for hydroxylation is 1. The lowest BCUT2D eigenvalue weighted by Gasteiger charge is -2.11. The standard InChI is InChI=1S/C10H14N2S.C6H4/c1-6-4-9(11)7(2)10(5-6)12-8(3)13;1-2-6-4-3-5(1)6/h4-5H,11H2,1-3H3,(H,12,13);1-4H. The summed E-state index contributed by atoms with van der Waals surface area (Å²) in [6.07, 6.45) is 0. The van der Waals surface area contributed by atoms with Crippen molar-refractivity contribution in [3.05, 3.63) is 47.5 Å². The molecular weight excluding hydrogens is 252 g/mol. The number of nitrogens with two attached hydrogens (primary N) is 1. The Morgan fingerprint density at radius 1 is 1.05 bits per heavy atom. The van der Waals surface area contributed by atoms with Crippen molar-refractivity contribution in [2.75, 3.05) is 11.1 Å². The molecule has 98 valence electrons. The molecule has 0 saturated heterocycles. The Balaban J connectivity index is 0.000000180. The third-order valence-electron chi connectivity index (χ3n) is 3.12. The van der Waals surface area contributed by atoms with Gasteiger partial charge < -0.3 is 11.1 Å². The molecule has 0 spiro atoms. The Morgan fingerprint density at radius 2 is 1.58 bits per heavy atom. The van der Waals surface area contributed by atoms with Crippen molar-refractivity contribution in [2.45, 2.75) is 20.8 Å². The Hall–Kier alpha value is -1.87. The molecule has 2 nitrogen and oxygen atoms in total. The predicted molar refractivity (Wildman–Crippen MR) is 87.7 cm³/mol. The van der Waals surface area contributed by atoms with E-state index >= 15 is 0 Å². The molecule has 0 aliphatic heterocycles. The van der Waals surface area contributed by atoms with Gasteiger partial charge in [-0.15, -0.1) is 0 Å². The van der Waals surface area contributed by atoms with Crippen LogP contribution in [-0.4, -0.2) is 4.99 Å². The summed E-state index contributed by atoms with van der Waals surface area (Å²) in [6.45, 7) is 5.85. The number of thiocarbonyl (C=S) groups is 1. The lowest BCUT2D eigenvalue weighted by Crippen LogP contribution is -2.06. The Bertz CT molecular complexity index is 594. The number of benzene rings is 2. The lowest BCUT2D eigenvalue weighted by molar-refractivity contribution is 1.39. The highest BCUT2D eigenvalue weighted by Gasteiger charge is 2.04. The molecule has 3 rings (SSSR count). The van der Waals surface area contributed by atoms with Gasteiger partial charge in [0.05, 0.1) is 4.99 Å². The van der Waals surface area contributed by atoms with Gasteiger partial charge in [0.1, 0.15) is 0 Å². The van der Waals surface area contributed by atoms with Gasteiger partial charge in [0.15, 0.2) is 0 Å². The van der Waals surface area contributed by atoms with Gasteiger partial charge in [0, 0.05) is 11.4 Å². The second-order valence-electron chi connectivity index (χ2n) is 4.79. The van der Waals surface area contributed by atoms with Gasteiger partial charge in [-0.3, -0.25) is 0 Å². The monoisotopic (exact) mass is 270 g/mol. The largest absolute Gasteiger partial charge is 0.398 e. The molecule has 3 N–H and O–H groups in total. The first-order chi connectivity index (χ1) is 8.97. The first kappa shape index (κ1) is 13.6. The minimum absolute atomic E-state index is 0.758. The maximum absolute atomic E-state index is 5.81. The average molecular weight is 270 g/mol. The van der Waals surface area contributed by atoms with Crippen LogP contribution in [0.2, 0.25) is 0 Å². The van der Waals surface area contributed by atoms with Crippen LogP contribution in [0.15, 0.2) is 36.4 Å². The summed E-state index contributed by atoms with van der Waals surface area (Å²) in [5.41, 5.74) is 12.7. The molecule has 19 heavy (non-hydrogen) atoms. The van der Waals surface area contributed by atoms with Crippen molar-refractivity contribution in [3.8, 4) is 11.1 Å². The van der Waals surface area contributed by atoms with Crippen LogP contribution < -0.4 is 11.1 Å². The predicted octanol–water partition coefficient (Wildman–Crippen LogP) is 4.31. The van der Waals surface area contributed by atoms with Crippen LogP contribution in [0.1, 0.15) is 18.1 Å². The second-order valence-corrected chi connectivity index (χ2v) is 5.40. The average Bonchev–Trinajstić information content (AvgIpc) is 2.30. The fourth-order valence-corrected chi connectivity index (χ4v) is 1.98. The minimum Gasteiger partial charge on any atom is -0.398 e. The van der Waals surface area contributed by atoms with E-state index < -0.39 is 0 Å². The fraction of sp³-hybridized carbons (Fsp3) is 0.188. The van der Waals surface area contributed by atoms with Gasteiger partial charge in [0.2, 0.25) is 0 Å². The normalized spacial score (nSPS) is 10.3. The molecule has 0 amide bonds. The van der Waals surface area contributed by atoms with Gasteiger partial charge in [0.25, 0.3) is 0 Å². The van der Waals surface area contributed by atoms with Gasteiger partial charge in [-0.05, 0) is 55.2 Å². The summed E-state index contributed by atoms with van der Waals surface area (Å²) in [6, 6.07) is 12.5. The molecule has 2 aliphatic carbocycles. The Kier molecular flexibility index (Phi) is 3.86. The van der Waals surface area contributed by atoms with Crippen molar-refractivity contribution in [1.29, 1.82) is 0 Å². The topological polar surface area (TPSA) is 38.0 Å². The quantitative estimate of drug-likeness (QED) is 0.511. The summed E-state index contributed by atoms with van der Waals surface area (Å²) in [4.78, 5) is 0.758. The number of nitrogen functional groups attached to an aromatic ring is 1. The van der Waals surface area contributed by atoms with E-state index in [1.54, 1.807) is 0 Å². The molecule has 0 radical (unpaired) electrons. The number of anilines is 2. The van der Waals surface area contributed by atoms with Crippen molar-refractivity contribution in [2.24, 2.45) is 0 Å². The molecule has 0 unspecified atom stereocenters. The van der Waals surface area contributed by atoms with Crippen LogP contribution in [0.4, 0.5) is 11.4 Å². The number of fused-ring (bicyclic) bond motifs is 1. The zero-order chi connectivity index (χ0) is 14.0. The van der Waals surface area contributed by atoms with Gasteiger partial charge in [-0.1, -0.05) is 36.5 Å². The molecule has 0 heterocycles. The number of hydrogen-bond donors (Lipinski definition) is 2. The zero-order valence-corrected chi connectivity index (χ0v) is 12.3. The molecule has 3 heteroatoms. The van der Waals surface area contributed by atoms with Crippen molar-refractivity contribution in [1.82, 2.24) is 0 Å². The van der Waals surface area contributed by atoms with Crippen molar-refractivity contribution >= 4 is 28.6 Å². The molecular formula is C16H18N2S. The third-order valence-corrected chi connectivity index (χ3v) is 3.22. The first-order valence-electron chi connectivity index (χ1n) is 6.22.